The predicted molar refractivity (Wildman–Crippen MR) is 94.2 cm³/mol. The maximum atomic E-state index is 13.5. The minimum atomic E-state index is -0.684. The number of carbonyl (C=O) groups excluding carboxylic acids is 2. The number of aryl methyl sites for hydroxylation is 1. The normalized spacial score (nSPS) is 10.2. The van der Waals surface area contributed by atoms with Gasteiger partial charge >= 0.3 is 5.97 Å². The van der Waals surface area contributed by atoms with E-state index in [9.17, 15) is 14.0 Å². The summed E-state index contributed by atoms with van der Waals surface area (Å²) in [4.78, 5) is 23.9. The molecule has 0 atom stereocenters. The molecule has 0 saturated heterocycles. The first-order chi connectivity index (χ1) is 12.4. The third-order valence-electron chi connectivity index (χ3n) is 3.49. The van der Waals surface area contributed by atoms with Crippen molar-refractivity contribution in [1.29, 1.82) is 0 Å². The van der Waals surface area contributed by atoms with Gasteiger partial charge in [-0.1, -0.05) is 6.07 Å². The van der Waals surface area contributed by atoms with Gasteiger partial charge in [0.1, 0.15) is 5.82 Å². The van der Waals surface area contributed by atoms with Gasteiger partial charge < -0.3 is 19.5 Å². The summed E-state index contributed by atoms with van der Waals surface area (Å²) >= 11 is 0. The molecule has 138 valence electrons. The first-order valence-electron chi connectivity index (χ1n) is 7.98. The minimum absolute atomic E-state index is 0.222. The number of methoxy groups -OCH3 is 1. The van der Waals surface area contributed by atoms with Crippen LogP contribution in [-0.4, -0.2) is 32.2 Å². The molecule has 0 saturated carbocycles. The lowest BCUT2D eigenvalue weighted by molar-refractivity contribution is -0.119. The zero-order chi connectivity index (χ0) is 19.1. The second-order valence-corrected chi connectivity index (χ2v) is 5.39. The summed E-state index contributed by atoms with van der Waals surface area (Å²) < 4.78 is 29.0. The van der Waals surface area contributed by atoms with E-state index in [4.69, 9.17) is 14.2 Å². The van der Waals surface area contributed by atoms with Gasteiger partial charge in [0.15, 0.2) is 18.1 Å². The number of anilines is 1. The van der Waals surface area contributed by atoms with Crippen LogP contribution in [0.3, 0.4) is 0 Å². The van der Waals surface area contributed by atoms with Crippen LogP contribution in [0.2, 0.25) is 0 Å². The van der Waals surface area contributed by atoms with Gasteiger partial charge in [-0.25, -0.2) is 9.18 Å². The molecule has 0 aliphatic carbocycles. The lowest BCUT2D eigenvalue weighted by atomic mass is 10.2. The summed E-state index contributed by atoms with van der Waals surface area (Å²) in [5, 5.41) is 2.46. The number of nitrogens with one attached hydrogen (secondary N) is 1. The van der Waals surface area contributed by atoms with Crippen molar-refractivity contribution in [3.63, 3.8) is 0 Å². The Morgan fingerprint density at radius 3 is 2.54 bits per heavy atom. The largest absolute Gasteiger partial charge is 0.493 e. The first kappa shape index (κ1) is 19.2. The molecule has 2 aromatic carbocycles. The maximum absolute atomic E-state index is 13.5. The fourth-order valence-electron chi connectivity index (χ4n) is 2.15. The highest BCUT2D eigenvalue weighted by molar-refractivity contribution is 5.95. The molecule has 0 aliphatic rings. The second kappa shape index (κ2) is 8.84. The van der Waals surface area contributed by atoms with E-state index in [1.807, 2.05) is 6.92 Å². The summed E-state index contributed by atoms with van der Waals surface area (Å²) in [6, 6.07) is 8.89. The zero-order valence-corrected chi connectivity index (χ0v) is 14.8. The van der Waals surface area contributed by atoms with E-state index in [-0.39, 0.29) is 11.3 Å². The lowest BCUT2D eigenvalue weighted by Crippen LogP contribution is -2.21. The third-order valence-corrected chi connectivity index (χ3v) is 3.49. The second-order valence-electron chi connectivity index (χ2n) is 5.39. The van der Waals surface area contributed by atoms with Crippen molar-refractivity contribution < 1.29 is 28.2 Å². The van der Waals surface area contributed by atoms with Crippen LogP contribution in [-0.2, 0) is 9.53 Å². The van der Waals surface area contributed by atoms with Crippen LogP contribution >= 0.6 is 0 Å². The van der Waals surface area contributed by atoms with Gasteiger partial charge in [0.05, 0.1) is 19.3 Å². The molecule has 0 fully saturated rings. The van der Waals surface area contributed by atoms with E-state index in [0.29, 0.717) is 23.7 Å². The fourth-order valence-corrected chi connectivity index (χ4v) is 2.15. The number of esters is 1. The number of ether oxygens (including phenoxy) is 3. The van der Waals surface area contributed by atoms with Gasteiger partial charge in [-0.2, -0.15) is 0 Å². The average Bonchev–Trinajstić information content (AvgIpc) is 2.63. The molecular weight excluding hydrogens is 341 g/mol. The van der Waals surface area contributed by atoms with Gasteiger partial charge in [-0.15, -0.1) is 0 Å². The van der Waals surface area contributed by atoms with Crippen molar-refractivity contribution in [3.05, 3.63) is 53.3 Å². The summed E-state index contributed by atoms with van der Waals surface area (Å²) in [7, 11) is 1.46. The van der Waals surface area contributed by atoms with Crippen molar-refractivity contribution in [2.75, 3.05) is 25.6 Å². The number of amides is 1. The average molecular weight is 361 g/mol. The van der Waals surface area contributed by atoms with Crippen molar-refractivity contribution in [3.8, 4) is 11.5 Å². The number of carbonyl (C=O) groups is 2. The molecule has 7 heteroatoms. The van der Waals surface area contributed by atoms with Crippen LogP contribution in [0.15, 0.2) is 36.4 Å². The molecule has 1 N–H and O–H groups in total. The van der Waals surface area contributed by atoms with Crippen molar-refractivity contribution in [2.45, 2.75) is 13.8 Å². The molecule has 6 nitrogen and oxygen atoms in total. The fraction of sp³-hybridized carbons (Fsp3) is 0.263. The van der Waals surface area contributed by atoms with Gasteiger partial charge in [0.25, 0.3) is 5.91 Å². The quantitative estimate of drug-likeness (QED) is 0.766. The van der Waals surface area contributed by atoms with E-state index in [0.717, 1.165) is 0 Å². The Bertz CT molecular complexity index is 807. The van der Waals surface area contributed by atoms with E-state index in [1.54, 1.807) is 25.1 Å². The predicted octanol–water partition coefficient (Wildman–Crippen LogP) is 3.34. The smallest absolute Gasteiger partial charge is 0.338 e. The Hall–Kier alpha value is -3.09. The molecule has 2 rings (SSSR count). The Morgan fingerprint density at radius 1 is 1.12 bits per heavy atom. The van der Waals surface area contributed by atoms with Crippen LogP contribution in [0, 0.1) is 12.7 Å². The van der Waals surface area contributed by atoms with Crippen molar-refractivity contribution in [2.24, 2.45) is 0 Å². The molecule has 0 heterocycles. The molecule has 1 amide bonds. The third kappa shape index (κ3) is 4.95. The number of benzene rings is 2. The van der Waals surface area contributed by atoms with Crippen molar-refractivity contribution in [1.82, 2.24) is 0 Å². The topological polar surface area (TPSA) is 73.9 Å². The van der Waals surface area contributed by atoms with Crippen LogP contribution in [0.25, 0.3) is 0 Å². The van der Waals surface area contributed by atoms with E-state index >= 15 is 0 Å². The van der Waals surface area contributed by atoms with Crippen molar-refractivity contribution >= 4 is 17.6 Å². The molecule has 2 aromatic rings. The summed E-state index contributed by atoms with van der Waals surface area (Å²) in [6.07, 6.45) is 0. The Labute approximate surface area is 150 Å². The van der Waals surface area contributed by atoms with E-state index in [1.165, 1.54) is 25.3 Å². The SMILES string of the molecule is CCOc1ccc(C(=O)OCC(=O)Nc2ccc(C)c(F)c2)cc1OC. The molecule has 0 aliphatic heterocycles. The standard InChI is InChI=1S/C19H20FNO5/c1-4-25-16-8-6-13(9-17(16)24-3)19(23)26-11-18(22)21-14-7-5-12(2)15(20)10-14/h5-10H,4,11H2,1-3H3,(H,21,22). The van der Waals surface area contributed by atoms with Gasteiger partial charge in [-0.3, -0.25) is 4.79 Å². The summed E-state index contributed by atoms with van der Waals surface area (Å²) in [5.74, 6) is -0.788. The summed E-state index contributed by atoms with van der Waals surface area (Å²) in [5.41, 5.74) is 0.982. The Morgan fingerprint density at radius 2 is 1.88 bits per heavy atom. The van der Waals surface area contributed by atoms with Crippen LogP contribution in [0.4, 0.5) is 10.1 Å². The Kier molecular flexibility index (Phi) is 6.54. The molecular formula is C19H20FNO5. The number of rotatable bonds is 7. The first-order valence-corrected chi connectivity index (χ1v) is 7.98. The van der Waals surface area contributed by atoms with E-state index in [2.05, 4.69) is 5.32 Å². The maximum Gasteiger partial charge on any atom is 0.338 e. The molecule has 0 spiro atoms. The molecule has 26 heavy (non-hydrogen) atoms. The zero-order valence-electron chi connectivity index (χ0n) is 14.8. The summed E-state index contributed by atoms with van der Waals surface area (Å²) in [6.45, 7) is 3.41. The van der Waals surface area contributed by atoms with Crippen LogP contribution in [0.5, 0.6) is 11.5 Å². The molecule has 0 bridgehead atoms. The number of halogens is 1. The van der Waals surface area contributed by atoms with Gasteiger partial charge in [-0.05, 0) is 49.7 Å². The monoisotopic (exact) mass is 361 g/mol. The lowest BCUT2D eigenvalue weighted by Gasteiger charge is -2.11. The van der Waals surface area contributed by atoms with E-state index < -0.39 is 24.3 Å². The number of hydrogen-bond donors (Lipinski definition) is 1. The minimum Gasteiger partial charge on any atom is -0.493 e. The molecule has 0 unspecified atom stereocenters. The van der Waals surface area contributed by atoms with Crippen LogP contribution in [0.1, 0.15) is 22.8 Å². The molecule has 0 aromatic heterocycles. The highest BCUT2D eigenvalue weighted by Gasteiger charge is 2.14. The highest BCUT2D eigenvalue weighted by atomic mass is 19.1. The van der Waals surface area contributed by atoms with Crippen LogP contribution < -0.4 is 14.8 Å². The Balaban J connectivity index is 1.95. The number of hydrogen-bond acceptors (Lipinski definition) is 5. The highest BCUT2D eigenvalue weighted by Crippen LogP contribution is 2.28. The van der Waals surface area contributed by atoms with Gasteiger partial charge in [0.2, 0.25) is 0 Å². The van der Waals surface area contributed by atoms with Gasteiger partial charge in [0, 0.05) is 5.69 Å². The molecule has 0 radical (unpaired) electrons.